The molecule has 0 radical (unpaired) electrons. The van der Waals surface area contributed by atoms with E-state index in [0.717, 1.165) is 5.69 Å². The van der Waals surface area contributed by atoms with Crippen LogP contribution in [0.3, 0.4) is 0 Å². The van der Waals surface area contributed by atoms with Crippen molar-refractivity contribution >= 4 is 23.2 Å². The van der Waals surface area contributed by atoms with E-state index in [1.807, 2.05) is 11.8 Å². The van der Waals surface area contributed by atoms with Gasteiger partial charge in [0.15, 0.2) is 5.65 Å². The molecule has 9 nitrogen and oxygen atoms in total. The largest absolute Gasteiger partial charge is 0.453 e. The highest BCUT2D eigenvalue weighted by Gasteiger charge is 2.38. The minimum atomic E-state index is -4.64. The average molecular weight is 408 g/mol. The topological polar surface area (TPSA) is 93.2 Å². The molecule has 0 spiro atoms. The lowest BCUT2D eigenvalue weighted by atomic mass is 9.96. The van der Waals surface area contributed by atoms with E-state index >= 15 is 0 Å². The fourth-order valence-electron chi connectivity index (χ4n) is 3.45. The number of carbonyl (C=O) groups excluding carboxylic acids is 1. The van der Waals surface area contributed by atoms with Gasteiger partial charge in [0.25, 0.3) is 5.82 Å². The zero-order valence-electron chi connectivity index (χ0n) is 15.8. The van der Waals surface area contributed by atoms with Gasteiger partial charge in [-0.05, 0) is 31.9 Å². The minimum Gasteiger partial charge on any atom is -0.355 e. The molecule has 1 aliphatic rings. The number of nitrogens with one attached hydrogen (secondary N) is 1. The number of fused-ring (bicyclic) bond motifs is 1. The van der Waals surface area contributed by atoms with Crippen LogP contribution in [-0.2, 0) is 18.0 Å². The Morgan fingerprint density at radius 3 is 2.52 bits per heavy atom. The predicted octanol–water partition coefficient (Wildman–Crippen LogP) is 2.04. The average Bonchev–Trinajstić information content (AvgIpc) is 3.23. The molecule has 1 aliphatic heterocycles. The van der Waals surface area contributed by atoms with Gasteiger partial charge in [0.1, 0.15) is 11.6 Å². The van der Waals surface area contributed by atoms with E-state index in [2.05, 4.69) is 25.7 Å². The summed E-state index contributed by atoms with van der Waals surface area (Å²) in [5.74, 6) is -0.409. The first-order chi connectivity index (χ1) is 13.7. The third kappa shape index (κ3) is 3.74. The molecular weight excluding hydrogens is 389 g/mol. The van der Waals surface area contributed by atoms with Crippen LogP contribution < -0.4 is 10.2 Å². The summed E-state index contributed by atoms with van der Waals surface area (Å²) in [5.41, 5.74) is 0.841. The number of aryl methyl sites for hydroxylation is 2. The number of piperidine rings is 1. The van der Waals surface area contributed by atoms with Crippen LogP contribution in [0.5, 0.6) is 0 Å². The molecule has 0 unspecified atom stereocenters. The Bertz CT molecular complexity index is 1050. The summed E-state index contributed by atoms with van der Waals surface area (Å²) in [6.07, 6.45) is -3.51. The molecule has 0 aliphatic carbocycles. The van der Waals surface area contributed by atoms with Gasteiger partial charge < -0.3 is 10.2 Å². The first-order valence-electron chi connectivity index (χ1n) is 9.08. The lowest BCUT2D eigenvalue weighted by Gasteiger charge is -2.32. The van der Waals surface area contributed by atoms with Crippen LogP contribution in [0.25, 0.3) is 5.65 Å². The number of alkyl halides is 3. The maximum atomic E-state index is 13.0. The summed E-state index contributed by atoms with van der Waals surface area (Å²) in [4.78, 5) is 14.4. The second-order valence-corrected chi connectivity index (χ2v) is 7.03. The van der Waals surface area contributed by atoms with Gasteiger partial charge in [0.05, 0.1) is 5.69 Å². The Labute approximate surface area is 163 Å². The summed E-state index contributed by atoms with van der Waals surface area (Å²) >= 11 is 0. The minimum absolute atomic E-state index is 0.0295. The van der Waals surface area contributed by atoms with Gasteiger partial charge in [-0.2, -0.15) is 22.8 Å². The number of hydrogen-bond acceptors (Lipinski definition) is 6. The van der Waals surface area contributed by atoms with E-state index < -0.39 is 12.0 Å². The summed E-state index contributed by atoms with van der Waals surface area (Å²) in [5, 5.41) is 17.8. The lowest BCUT2D eigenvalue weighted by Crippen LogP contribution is -2.39. The highest BCUT2D eigenvalue weighted by atomic mass is 19.4. The van der Waals surface area contributed by atoms with Gasteiger partial charge in [-0.15, -0.1) is 15.3 Å². The van der Waals surface area contributed by atoms with Crippen LogP contribution >= 0.6 is 0 Å². The van der Waals surface area contributed by atoms with Crippen molar-refractivity contribution in [1.82, 2.24) is 29.6 Å². The number of amides is 1. The van der Waals surface area contributed by atoms with Gasteiger partial charge in [0.2, 0.25) is 5.91 Å². The second kappa shape index (κ2) is 7.01. The van der Waals surface area contributed by atoms with E-state index in [4.69, 9.17) is 0 Å². The van der Waals surface area contributed by atoms with Crippen LogP contribution in [0.1, 0.15) is 24.4 Å². The van der Waals surface area contributed by atoms with Crippen LogP contribution in [0.4, 0.5) is 24.8 Å². The first kappa shape index (κ1) is 19.2. The third-order valence-corrected chi connectivity index (χ3v) is 4.95. The monoisotopic (exact) mass is 408 g/mol. The van der Waals surface area contributed by atoms with Gasteiger partial charge in [-0.1, -0.05) is 0 Å². The standard InChI is InChI=1S/C17H19F3N8O/c1-10-9-14(26(2)24-10)21-15(29)11-5-7-27(8-6-11)13-4-3-12-22-23-16(17(18,19)20)28(12)25-13/h3-4,9,11H,5-8H2,1-2H3,(H,21,29). The zero-order valence-corrected chi connectivity index (χ0v) is 15.8. The van der Waals surface area contributed by atoms with E-state index in [0.29, 0.717) is 42.1 Å². The van der Waals surface area contributed by atoms with Gasteiger partial charge in [-0.3, -0.25) is 9.48 Å². The van der Waals surface area contributed by atoms with Crippen molar-refractivity contribution in [1.29, 1.82) is 0 Å². The summed E-state index contributed by atoms with van der Waals surface area (Å²) < 4.78 is 41.5. The fourth-order valence-corrected chi connectivity index (χ4v) is 3.45. The van der Waals surface area contributed by atoms with Crippen molar-refractivity contribution in [3.63, 3.8) is 0 Å². The molecule has 3 aromatic heterocycles. The third-order valence-electron chi connectivity index (χ3n) is 4.95. The van der Waals surface area contributed by atoms with Crippen LogP contribution in [-0.4, -0.2) is 48.6 Å². The first-order valence-corrected chi connectivity index (χ1v) is 9.08. The molecule has 154 valence electrons. The molecule has 0 saturated carbocycles. The summed E-state index contributed by atoms with van der Waals surface area (Å²) in [7, 11) is 1.76. The van der Waals surface area contributed by atoms with Crippen LogP contribution in [0, 0.1) is 12.8 Å². The molecule has 1 fully saturated rings. The lowest BCUT2D eigenvalue weighted by molar-refractivity contribution is -0.146. The zero-order chi connectivity index (χ0) is 20.8. The van der Waals surface area contributed by atoms with Crippen molar-refractivity contribution in [2.75, 3.05) is 23.3 Å². The summed E-state index contributed by atoms with van der Waals surface area (Å²) in [6.45, 7) is 2.85. The molecule has 3 aromatic rings. The number of nitrogens with zero attached hydrogens (tertiary/aromatic N) is 7. The second-order valence-electron chi connectivity index (χ2n) is 7.03. The smallest absolute Gasteiger partial charge is 0.355 e. The highest BCUT2D eigenvalue weighted by molar-refractivity contribution is 5.92. The number of aromatic nitrogens is 6. The molecule has 1 N–H and O–H groups in total. The molecule has 12 heteroatoms. The van der Waals surface area contributed by atoms with E-state index in [1.165, 1.54) is 6.07 Å². The molecule has 1 amide bonds. The Hall–Kier alpha value is -3.18. The molecule has 0 bridgehead atoms. The van der Waals surface area contributed by atoms with Gasteiger partial charge >= 0.3 is 6.18 Å². The normalized spacial score (nSPS) is 15.8. The maximum absolute atomic E-state index is 13.0. The fraction of sp³-hybridized carbons (Fsp3) is 0.471. The van der Waals surface area contributed by atoms with Crippen molar-refractivity contribution in [2.45, 2.75) is 25.9 Å². The maximum Gasteiger partial charge on any atom is 0.453 e. The number of carbonyl (C=O) groups is 1. The van der Waals surface area contributed by atoms with Gasteiger partial charge in [-0.25, -0.2) is 0 Å². The van der Waals surface area contributed by atoms with Crippen molar-refractivity contribution in [3.05, 3.63) is 29.7 Å². The Kier molecular flexibility index (Phi) is 4.63. The SMILES string of the molecule is Cc1cc(NC(=O)C2CCN(c3ccc4nnc(C(F)(F)F)n4n3)CC2)n(C)n1. The number of rotatable bonds is 3. The number of anilines is 2. The summed E-state index contributed by atoms with van der Waals surface area (Å²) in [6, 6.07) is 4.86. The van der Waals surface area contributed by atoms with E-state index in [9.17, 15) is 18.0 Å². The number of halogens is 3. The molecule has 29 heavy (non-hydrogen) atoms. The van der Waals surface area contributed by atoms with E-state index in [1.54, 1.807) is 23.9 Å². The van der Waals surface area contributed by atoms with Crippen molar-refractivity contribution in [2.24, 2.45) is 13.0 Å². The van der Waals surface area contributed by atoms with Crippen LogP contribution in [0.2, 0.25) is 0 Å². The highest BCUT2D eigenvalue weighted by Crippen LogP contribution is 2.29. The molecule has 4 rings (SSSR count). The molecular formula is C17H19F3N8O. The molecule has 4 heterocycles. The van der Waals surface area contributed by atoms with Gasteiger partial charge in [0, 0.05) is 32.1 Å². The molecule has 1 saturated heterocycles. The predicted molar refractivity (Wildman–Crippen MR) is 97.3 cm³/mol. The molecule has 0 atom stereocenters. The Balaban J connectivity index is 1.44. The molecule has 0 aromatic carbocycles. The number of hydrogen-bond donors (Lipinski definition) is 1. The van der Waals surface area contributed by atoms with Crippen molar-refractivity contribution < 1.29 is 18.0 Å². The van der Waals surface area contributed by atoms with E-state index in [-0.39, 0.29) is 17.5 Å². The van der Waals surface area contributed by atoms with Crippen LogP contribution in [0.15, 0.2) is 18.2 Å². The quantitative estimate of drug-likeness (QED) is 0.713. The van der Waals surface area contributed by atoms with Crippen molar-refractivity contribution in [3.8, 4) is 0 Å². The Morgan fingerprint density at radius 2 is 1.90 bits per heavy atom. The Morgan fingerprint density at radius 1 is 1.17 bits per heavy atom.